The maximum atomic E-state index is 12.1. The molecule has 6 heteroatoms. The number of benzene rings is 2. The van der Waals surface area contributed by atoms with E-state index in [1.807, 2.05) is 6.07 Å². The molecule has 2 aromatic rings. The zero-order valence-electron chi connectivity index (χ0n) is 13.2. The van der Waals surface area contributed by atoms with Gasteiger partial charge in [0.05, 0.1) is 33.1 Å². The van der Waals surface area contributed by atoms with Gasteiger partial charge in [0.1, 0.15) is 5.75 Å². The van der Waals surface area contributed by atoms with E-state index >= 15 is 0 Å². The van der Waals surface area contributed by atoms with E-state index in [9.17, 15) is 4.79 Å². The highest BCUT2D eigenvalue weighted by Crippen LogP contribution is 2.29. The Bertz CT molecular complexity index is 713. The van der Waals surface area contributed by atoms with Gasteiger partial charge >= 0.3 is 0 Å². The second kappa shape index (κ2) is 7.84. The van der Waals surface area contributed by atoms with Crippen LogP contribution in [-0.2, 0) is 0 Å². The van der Waals surface area contributed by atoms with Crippen LogP contribution in [0.2, 0.25) is 0 Å². The van der Waals surface area contributed by atoms with Crippen molar-refractivity contribution < 1.29 is 19.0 Å². The number of ether oxygens (including phenoxy) is 3. The van der Waals surface area contributed by atoms with E-state index in [0.717, 1.165) is 0 Å². The summed E-state index contributed by atoms with van der Waals surface area (Å²) in [6, 6.07) is 12.3. The molecule has 2 rings (SSSR count). The molecule has 0 aliphatic carbocycles. The third-order valence-electron chi connectivity index (χ3n) is 3.15. The molecular weight excluding hydrogens is 296 g/mol. The van der Waals surface area contributed by atoms with Gasteiger partial charge in [0.2, 0.25) is 0 Å². The predicted octanol–water partition coefficient (Wildman–Crippen LogP) is 2.48. The van der Waals surface area contributed by atoms with Gasteiger partial charge in [0.25, 0.3) is 5.91 Å². The van der Waals surface area contributed by atoms with Crippen LogP contribution in [-0.4, -0.2) is 33.5 Å². The summed E-state index contributed by atoms with van der Waals surface area (Å²) in [5.74, 6) is 1.26. The maximum absolute atomic E-state index is 12.1. The van der Waals surface area contributed by atoms with E-state index < -0.39 is 0 Å². The minimum atomic E-state index is -0.361. The molecule has 0 unspecified atom stereocenters. The number of para-hydroxylation sites is 2. The van der Waals surface area contributed by atoms with Crippen molar-refractivity contribution in [3.63, 3.8) is 0 Å². The topological polar surface area (TPSA) is 69.2 Å². The number of nitrogens with one attached hydrogen (secondary N) is 1. The van der Waals surface area contributed by atoms with Crippen LogP contribution in [0, 0.1) is 0 Å². The Labute approximate surface area is 134 Å². The van der Waals surface area contributed by atoms with Crippen LogP contribution in [0.25, 0.3) is 0 Å². The lowest BCUT2D eigenvalue weighted by molar-refractivity contribution is 0.0952. The molecule has 0 aliphatic heterocycles. The summed E-state index contributed by atoms with van der Waals surface area (Å²) in [6.45, 7) is 0. The van der Waals surface area contributed by atoms with Gasteiger partial charge in [0, 0.05) is 5.56 Å². The van der Waals surface area contributed by atoms with E-state index in [2.05, 4.69) is 10.5 Å². The fourth-order valence-corrected chi connectivity index (χ4v) is 2.07. The molecule has 2 aromatic carbocycles. The third-order valence-corrected chi connectivity index (χ3v) is 3.15. The van der Waals surface area contributed by atoms with Gasteiger partial charge in [-0.25, -0.2) is 5.43 Å². The van der Waals surface area contributed by atoms with E-state index in [1.165, 1.54) is 13.3 Å². The number of rotatable bonds is 6. The molecule has 0 spiro atoms. The largest absolute Gasteiger partial charge is 0.496 e. The SMILES string of the molecule is COc1ccccc1C(=O)N/N=C/c1cccc(OC)c1OC. The maximum Gasteiger partial charge on any atom is 0.275 e. The van der Waals surface area contributed by atoms with Gasteiger partial charge in [-0.3, -0.25) is 4.79 Å². The monoisotopic (exact) mass is 314 g/mol. The Morgan fingerprint density at radius 1 is 0.957 bits per heavy atom. The summed E-state index contributed by atoms with van der Waals surface area (Å²) in [4.78, 5) is 12.1. The zero-order chi connectivity index (χ0) is 16.7. The van der Waals surface area contributed by atoms with Crippen LogP contribution in [0.3, 0.4) is 0 Å². The Balaban J connectivity index is 2.14. The Morgan fingerprint density at radius 3 is 2.35 bits per heavy atom. The van der Waals surface area contributed by atoms with Gasteiger partial charge in [-0.2, -0.15) is 5.10 Å². The van der Waals surface area contributed by atoms with Gasteiger partial charge in [-0.1, -0.05) is 18.2 Å². The number of hydrogen-bond donors (Lipinski definition) is 1. The van der Waals surface area contributed by atoms with Crippen molar-refractivity contribution in [1.29, 1.82) is 0 Å². The summed E-state index contributed by atoms with van der Waals surface area (Å²) in [5.41, 5.74) is 3.56. The van der Waals surface area contributed by atoms with Gasteiger partial charge in [-0.15, -0.1) is 0 Å². The summed E-state index contributed by atoms with van der Waals surface area (Å²) in [7, 11) is 4.61. The van der Waals surface area contributed by atoms with Crippen molar-refractivity contribution in [2.24, 2.45) is 5.10 Å². The average Bonchev–Trinajstić information content (AvgIpc) is 2.61. The number of carbonyl (C=O) groups is 1. The fourth-order valence-electron chi connectivity index (χ4n) is 2.07. The summed E-state index contributed by atoms with van der Waals surface area (Å²) < 4.78 is 15.7. The molecule has 0 saturated carbocycles. The number of amides is 1. The van der Waals surface area contributed by atoms with Gasteiger partial charge < -0.3 is 14.2 Å². The molecule has 0 bridgehead atoms. The summed E-state index contributed by atoms with van der Waals surface area (Å²) in [5, 5.41) is 3.96. The minimum Gasteiger partial charge on any atom is -0.496 e. The van der Waals surface area contributed by atoms with E-state index in [-0.39, 0.29) is 5.91 Å². The highest BCUT2D eigenvalue weighted by atomic mass is 16.5. The first-order valence-corrected chi connectivity index (χ1v) is 6.88. The molecule has 0 radical (unpaired) electrons. The summed E-state index contributed by atoms with van der Waals surface area (Å²) in [6.07, 6.45) is 1.49. The molecular formula is C17H18N2O4. The molecule has 0 fully saturated rings. The molecule has 23 heavy (non-hydrogen) atoms. The van der Waals surface area contributed by atoms with E-state index in [0.29, 0.717) is 28.4 Å². The molecule has 0 saturated heterocycles. The van der Waals surface area contributed by atoms with Crippen LogP contribution in [0.5, 0.6) is 17.2 Å². The first-order chi connectivity index (χ1) is 11.2. The molecule has 0 heterocycles. The molecule has 6 nitrogen and oxygen atoms in total. The number of carbonyl (C=O) groups excluding carboxylic acids is 1. The van der Waals surface area contributed by atoms with Crippen LogP contribution in [0.15, 0.2) is 47.6 Å². The quantitative estimate of drug-likeness (QED) is 0.657. The Kier molecular flexibility index (Phi) is 5.57. The van der Waals surface area contributed by atoms with Gasteiger partial charge in [0.15, 0.2) is 11.5 Å². The number of methoxy groups -OCH3 is 3. The lowest BCUT2D eigenvalue weighted by Gasteiger charge is -2.09. The summed E-state index contributed by atoms with van der Waals surface area (Å²) >= 11 is 0. The van der Waals surface area contributed by atoms with Crippen LogP contribution in [0.1, 0.15) is 15.9 Å². The molecule has 120 valence electrons. The van der Waals surface area contributed by atoms with Crippen LogP contribution in [0.4, 0.5) is 0 Å². The first-order valence-electron chi connectivity index (χ1n) is 6.88. The smallest absolute Gasteiger partial charge is 0.275 e. The second-order valence-corrected chi connectivity index (χ2v) is 4.48. The molecule has 1 amide bonds. The standard InChI is InChI=1S/C17H18N2O4/c1-21-14-9-5-4-8-13(14)17(20)19-18-11-12-7-6-10-15(22-2)16(12)23-3/h4-11H,1-3H3,(H,19,20)/b18-11+. The first kappa shape index (κ1) is 16.4. The molecule has 0 atom stereocenters. The van der Waals surface area contributed by atoms with E-state index in [4.69, 9.17) is 14.2 Å². The van der Waals surface area contributed by atoms with E-state index in [1.54, 1.807) is 50.6 Å². The molecule has 0 aliphatic rings. The van der Waals surface area contributed by atoms with Crippen LogP contribution < -0.4 is 19.6 Å². The van der Waals surface area contributed by atoms with Crippen molar-refractivity contribution in [1.82, 2.24) is 5.43 Å². The Morgan fingerprint density at radius 2 is 1.65 bits per heavy atom. The number of nitrogens with zero attached hydrogens (tertiary/aromatic N) is 1. The number of hydrogen-bond acceptors (Lipinski definition) is 5. The van der Waals surface area contributed by atoms with Gasteiger partial charge in [-0.05, 0) is 24.3 Å². The lowest BCUT2D eigenvalue weighted by atomic mass is 10.2. The normalized spacial score (nSPS) is 10.4. The van der Waals surface area contributed by atoms with Crippen molar-refractivity contribution in [3.05, 3.63) is 53.6 Å². The molecule has 1 N–H and O–H groups in total. The Hall–Kier alpha value is -3.02. The zero-order valence-corrected chi connectivity index (χ0v) is 13.2. The minimum absolute atomic E-state index is 0.361. The van der Waals surface area contributed by atoms with Crippen molar-refractivity contribution >= 4 is 12.1 Å². The highest BCUT2D eigenvalue weighted by Gasteiger charge is 2.11. The highest BCUT2D eigenvalue weighted by molar-refractivity contribution is 5.97. The van der Waals surface area contributed by atoms with Crippen LogP contribution >= 0.6 is 0 Å². The number of hydrazone groups is 1. The third kappa shape index (κ3) is 3.79. The fraction of sp³-hybridized carbons (Fsp3) is 0.176. The second-order valence-electron chi connectivity index (χ2n) is 4.48. The molecule has 0 aromatic heterocycles. The van der Waals surface area contributed by atoms with Crippen molar-refractivity contribution in [3.8, 4) is 17.2 Å². The van der Waals surface area contributed by atoms with Crippen molar-refractivity contribution in [2.45, 2.75) is 0 Å². The lowest BCUT2D eigenvalue weighted by Crippen LogP contribution is -2.18. The predicted molar refractivity (Wildman–Crippen MR) is 87.6 cm³/mol. The van der Waals surface area contributed by atoms with Crippen molar-refractivity contribution in [2.75, 3.05) is 21.3 Å². The average molecular weight is 314 g/mol.